The van der Waals surface area contributed by atoms with Crippen molar-refractivity contribution in [2.24, 2.45) is 0 Å². The van der Waals surface area contributed by atoms with E-state index in [1.165, 1.54) is 0 Å². The third-order valence-electron chi connectivity index (χ3n) is 1.67. The lowest BCUT2D eigenvalue weighted by Gasteiger charge is -1.97. The summed E-state index contributed by atoms with van der Waals surface area (Å²) in [5, 5.41) is 9.32. The summed E-state index contributed by atoms with van der Waals surface area (Å²) in [6.45, 7) is 2.03. The zero-order valence-corrected chi connectivity index (χ0v) is 8.17. The molecule has 0 unspecified atom stereocenters. The molecular weight excluding hydrogens is 182 g/mol. The average Bonchev–Trinajstić information content (AvgIpc) is 2.18. The van der Waals surface area contributed by atoms with Gasteiger partial charge in [-0.2, -0.15) is 5.26 Å². The highest BCUT2D eigenvalue weighted by Gasteiger charge is 1.96. The van der Waals surface area contributed by atoms with Crippen LogP contribution < -0.4 is 0 Å². The Bertz CT molecular complexity index is 343. The van der Waals surface area contributed by atoms with E-state index in [1.54, 1.807) is 12.1 Å². The van der Waals surface area contributed by atoms with E-state index in [1.807, 2.05) is 25.1 Å². The summed E-state index contributed by atoms with van der Waals surface area (Å²) in [7, 11) is 0. The van der Waals surface area contributed by atoms with E-state index in [2.05, 4.69) is 6.07 Å². The summed E-state index contributed by atoms with van der Waals surface area (Å²) in [5.41, 5.74) is 1.62. The van der Waals surface area contributed by atoms with E-state index in [-0.39, 0.29) is 0 Å². The summed E-state index contributed by atoms with van der Waals surface area (Å²) < 4.78 is 0. The molecule has 0 bridgehead atoms. The van der Waals surface area contributed by atoms with Crippen LogP contribution in [0.1, 0.15) is 24.5 Å². The molecule has 13 heavy (non-hydrogen) atoms. The summed E-state index contributed by atoms with van der Waals surface area (Å²) in [6, 6.07) is 9.30. The van der Waals surface area contributed by atoms with Crippen molar-refractivity contribution in [3.05, 3.63) is 41.5 Å². The minimum Gasteiger partial charge on any atom is -0.192 e. The molecule has 0 aliphatic heterocycles. The van der Waals surface area contributed by atoms with Crippen LogP contribution in [-0.2, 0) is 0 Å². The van der Waals surface area contributed by atoms with E-state index >= 15 is 0 Å². The van der Waals surface area contributed by atoms with Gasteiger partial charge in [0, 0.05) is 5.03 Å². The van der Waals surface area contributed by atoms with Crippen molar-refractivity contribution < 1.29 is 0 Å². The van der Waals surface area contributed by atoms with Crippen molar-refractivity contribution in [3.8, 4) is 6.07 Å². The van der Waals surface area contributed by atoms with Gasteiger partial charge in [-0.25, -0.2) is 0 Å². The maximum Gasteiger partial charge on any atom is 0.0991 e. The molecule has 0 amide bonds. The highest BCUT2D eigenvalue weighted by atomic mass is 35.5. The van der Waals surface area contributed by atoms with Crippen LogP contribution in [-0.4, -0.2) is 0 Å². The standard InChI is InChI=1S/C11H10ClN/c1-2-3-11(12)10-6-4-9(8-13)5-7-10/h3-7H,2H2,1H3. The lowest BCUT2D eigenvalue weighted by Crippen LogP contribution is -1.78. The molecule has 0 heterocycles. The topological polar surface area (TPSA) is 23.8 Å². The van der Waals surface area contributed by atoms with E-state index in [0.29, 0.717) is 5.56 Å². The van der Waals surface area contributed by atoms with Crippen molar-refractivity contribution in [1.82, 2.24) is 0 Å². The molecule has 0 aliphatic carbocycles. The van der Waals surface area contributed by atoms with Crippen LogP contribution >= 0.6 is 11.6 Å². The van der Waals surface area contributed by atoms with Crippen LogP contribution in [0.15, 0.2) is 30.3 Å². The number of nitrogens with zero attached hydrogens (tertiary/aromatic N) is 1. The molecule has 2 heteroatoms. The van der Waals surface area contributed by atoms with E-state index < -0.39 is 0 Å². The van der Waals surface area contributed by atoms with Crippen molar-refractivity contribution in [2.45, 2.75) is 13.3 Å². The molecule has 0 saturated heterocycles. The highest BCUT2D eigenvalue weighted by Crippen LogP contribution is 2.19. The average molecular weight is 192 g/mol. The minimum absolute atomic E-state index is 0.657. The van der Waals surface area contributed by atoms with E-state index in [4.69, 9.17) is 16.9 Å². The monoisotopic (exact) mass is 191 g/mol. The first-order chi connectivity index (χ1) is 6.27. The lowest BCUT2D eigenvalue weighted by atomic mass is 10.1. The van der Waals surface area contributed by atoms with Gasteiger partial charge < -0.3 is 0 Å². The molecule has 0 aromatic heterocycles. The van der Waals surface area contributed by atoms with Crippen LogP contribution in [0, 0.1) is 11.3 Å². The summed E-state index contributed by atoms with van der Waals surface area (Å²) in [5.74, 6) is 0. The molecule has 0 atom stereocenters. The molecule has 0 saturated carbocycles. The number of hydrogen-bond acceptors (Lipinski definition) is 1. The number of halogens is 1. The summed E-state index contributed by atoms with van der Waals surface area (Å²) >= 11 is 5.98. The first kappa shape index (κ1) is 9.83. The Morgan fingerprint density at radius 2 is 2.08 bits per heavy atom. The van der Waals surface area contributed by atoms with Crippen molar-refractivity contribution >= 4 is 16.6 Å². The van der Waals surface area contributed by atoms with Crippen LogP contribution in [0.2, 0.25) is 0 Å². The van der Waals surface area contributed by atoms with Gasteiger partial charge >= 0.3 is 0 Å². The second-order valence-corrected chi connectivity index (χ2v) is 3.06. The minimum atomic E-state index is 0.657. The third-order valence-corrected chi connectivity index (χ3v) is 2.05. The molecule has 0 spiro atoms. The Morgan fingerprint density at radius 3 is 2.54 bits per heavy atom. The number of nitriles is 1. The third kappa shape index (κ3) is 2.61. The van der Waals surface area contributed by atoms with Crippen LogP contribution in [0.25, 0.3) is 5.03 Å². The van der Waals surface area contributed by atoms with Crippen molar-refractivity contribution in [1.29, 1.82) is 5.26 Å². The fourth-order valence-corrected chi connectivity index (χ4v) is 1.28. The molecule has 0 radical (unpaired) electrons. The van der Waals surface area contributed by atoms with Gasteiger partial charge in [0.05, 0.1) is 11.6 Å². The van der Waals surface area contributed by atoms with Crippen molar-refractivity contribution in [3.63, 3.8) is 0 Å². The largest absolute Gasteiger partial charge is 0.192 e. The normalized spacial score (nSPS) is 11.0. The van der Waals surface area contributed by atoms with Gasteiger partial charge in [0.2, 0.25) is 0 Å². The van der Waals surface area contributed by atoms with Gasteiger partial charge in [-0.1, -0.05) is 36.7 Å². The molecule has 0 aliphatic rings. The number of benzene rings is 1. The van der Waals surface area contributed by atoms with Crippen LogP contribution in [0.4, 0.5) is 0 Å². The Morgan fingerprint density at radius 1 is 1.46 bits per heavy atom. The highest BCUT2D eigenvalue weighted by molar-refractivity contribution is 6.48. The zero-order chi connectivity index (χ0) is 9.68. The molecule has 66 valence electrons. The first-order valence-corrected chi connectivity index (χ1v) is 4.52. The Kier molecular flexibility index (Phi) is 3.54. The van der Waals surface area contributed by atoms with Gasteiger partial charge in [-0.3, -0.25) is 0 Å². The van der Waals surface area contributed by atoms with E-state index in [0.717, 1.165) is 17.0 Å². The molecular formula is C11H10ClN. The molecule has 0 N–H and O–H groups in total. The fourth-order valence-electron chi connectivity index (χ4n) is 1.00. The number of hydrogen-bond donors (Lipinski definition) is 0. The van der Waals surface area contributed by atoms with Gasteiger partial charge in [0.1, 0.15) is 0 Å². The second kappa shape index (κ2) is 4.69. The summed E-state index contributed by atoms with van der Waals surface area (Å²) in [4.78, 5) is 0. The second-order valence-electron chi connectivity index (χ2n) is 2.65. The number of allylic oxidation sites excluding steroid dienone is 1. The lowest BCUT2D eigenvalue weighted by molar-refractivity contribution is 1.23. The summed E-state index contributed by atoms with van der Waals surface area (Å²) in [6.07, 6.45) is 2.86. The Hall–Kier alpha value is -1.26. The predicted molar refractivity (Wildman–Crippen MR) is 55.3 cm³/mol. The molecule has 0 fully saturated rings. The van der Waals surface area contributed by atoms with Crippen molar-refractivity contribution in [2.75, 3.05) is 0 Å². The molecule has 1 nitrogen and oxygen atoms in total. The Labute approximate surface area is 83.3 Å². The zero-order valence-electron chi connectivity index (χ0n) is 7.42. The maximum absolute atomic E-state index is 8.57. The van der Waals surface area contributed by atoms with Gasteiger partial charge in [0.15, 0.2) is 0 Å². The Balaban J connectivity index is 2.94. The van der Waals surface area contributed by atoms with Gasteiger partial charge in [0.25, 0.3) is 0 Å². The van der Waals surface area contributed by atoms with Gasteiger partial charge in [-0.15, -0.1) is 0 Å². The first-order valence-electron chi connectivity index (χ1n) is 4.14. The number of rotatable bonds is 2. The molecule has 1 rings (SSSR count). The van der Waals surface area contributed by atoms with Gasteiger partial charge in [-0.05, 0) is 24.1 Å². The molecule has 1 aromatic carbocycles. The fraction of sp³-hybridized carbons (Fsp3) is 0.182. The van der Waals surface area contributed by atoms with Crippen LogP contribution in [0.5, 0.6) is 0 Å². The predicted octanol–water partition coefficient (Wildman–Crippen LogP) is 3.55. The quantitative estimate of drug-likeness (QED) is 0.702. The SMILES string of the molecule is CCC=C(Cl)c1ccc(C#N)cc1. The smallest absolute Gasteiger partial charge is 0.0991 e. The molecule has 1 aromatic rings. The maximum atomic E-state index is 8.57. The van der Waals surface area contributed by atoms with E-state index in [9.17, 15) is 0 Å². The van der Waals surface area contributed by atoms with Crippen LogP contribution in [0.3, 0.4) is 0 Å².